The minimum atomic E-state index is -5.14. The van der Waals surface area contributed by atoms with Crippen molar-refractivity contribution in [3.05, 3.63) is 35.9 Å². The Morgan fingerprint density at radius 1 is 1.25 bits per heavy atom. The van der Waals surface area contributed by atoms with Crippen LogP contribution in [0.1, 0.15) is 19.4 Å². The summed E-state index contributed by atoms with van der Waals surface area (Å²) >= 11 is 0. The molecule has 0 aromatic heterocycles. The van der Waals surface area contributed by atoms with Crippen LogP contribution in [0.25, 0.3) is 0 Å². The molecule has 1 aliphatic heterocycles. The molecule has 0 spiro atoms. The van der Waals surface area contributed by atoms with E-state index < -0.39 is 36.0 Å². The number of nitrogens with one attached hydrogen (secondary N) is 1. The first kappa shape index (κ1) is 20.2. The number of benzene rings is 1. The SMILES string of the molecule is CC1(C)[C@@H]2[C@@H](C(=O)O)N(C(=O)[C@H](Cc3ccccc3)NC(=O)C(F)(F)F)C[C@@H]21. The summed E-state index contributed by atoms with van der Waals surface area (Å²) in [5.74, 6) is -4.49. The summed E-state index contributed by atoms with van der Waals surface area (Å²) in [6.45, 7) is 3.97. The van der Waals surface area contributed by atoms with Gasteiger partial charge in [-0.2, -0.15) is 13.2 Å². The van der Waals surface area contributed by atoms with Crippen molar-refractivity contribution in [2.24, 2.45) is 17.3 Å². The average molecular weight is 398 g/mol. The van der Waals surface area contributed by atoms with E-state index in [4.69, 9.17) is 0 Å². The first-order valence-electron chi connectivity index (χ1n) is 8.89. The normalized spacial score (nSPS) is 26.3. The fourth-order valence-electron chi connectivity index (χ4n) is 4.29. The van der Waals surface area contributed by atoms with Gasteiger partial charge in [0.05, 0.1) is 0 Å². The van der Waals surface area contributed by atoms with E-state index in [9.17, 15) is 32.7 Å². The van der Waals surface area contributed by atoms with E-state index in [0.717, 1.165) is 4.90 Å². The van der Waals surface area contributed by atoms with Crippen LogP contribution in [0, 0.1) is 17.3 Å². The minimum Gasteiger partial charge on any atom is -0.480 e. The molecule has 9 heteroatoms. The number of halogens is 3. The second-order valence-electron chi connectivity index (χ2n) is 7.94. The summed E-state index contributed by atoms with van der Waals surface area (Å²) in [7, 11) is 0. The number of hydrogen-bond donors (Lipinski definition) is 2. The Morgan fingerprint density at radius 2 is 1.86 bits per heavy atom. The van der Waals surface area contributed by atoms with Gasteiger partial charge in [-0.1, -0.05) is 44.2 Å². The van der Waals surface area contributed by atoms with Gasteiger partial charge in [-0.25, -0.2) is 4.79 Å². The molecule has 0 radical (unpaired) electrons. The zero-order valence-corrected chi connectivity index (χ0v) is 15.4. The lowest BCUT2D eigenvalue weighted by atomic mass is 9.99. The second kappa shape index (κ2) is 6.79. The number of carboxylic acid groups (broad SMARTS) is 1. The molecule has 6 nitrogen and oxygen atoms in total. The zero-order chi connectivity index (χ0) is 20.9. The van der Waals surface area contributed by atoms with E-state index in [-0.39, 0.29) is 30.2 Å². The standard InChI is InChI=1S/C19H21F3N2O4/c1-18(2)11-9-24(14(13(11)18)16(26)27)15(25)12(23-17(28)19(20,21)22)8-10-6-4-3-5-7-10/h3-7,11-14H,8-9H2,1-2H3,(H,23,28)(H,26,27)/t11-,12-,13-,14-/m0/s1. The first-order chi connectivity index (χ1) is 12.9. The van der Waals surface area contributed by atoms with Gasteiger partial charge in [-0.3, -0.25) is 9.59 Å². The Labute approximate surface area is 159 Å². The molecule has 1 aromatic carbocycles. The third kappa shape index (κ3) is 3.57. The number of alkyl halides is 3. The quantitative estimate of drug-likeness (QED) is 0.793. The van der Waals surface area contributed by atoms with E-state index in [1.54, 1.807) is 35.6 Å². The van der Waals surface area contributed by atoms with E-state index >= 15 is 0 Å². The smallest absolute Gasteiger partial charge is 0.471 e. The van der Waals surface area contributed by atoms with Gasteiger partial charge in [0.25, 0.3) is 0 Å². The van der Waals surface area contributed by atoms with E-state index in [0.29, 0.717) is 5.56 Å². The molecule has 152 valence electrons. The number of nitrogens with zero attached hydrogens (tertiary/aromatic N) is 1. The predicted molar refractivity (Wildman–Crippen MR) is 92.0 cm³/mol. The molecule has 2 N–H and O–H groups in total. The zero-order valence-electron chi connectivity index (χ0n) is 15.4. The van der Waals surface area contributed by atoms with Crippen LogP contribution < -0.4 is 5.32 Å². The van der Waals surface area contributed by atoms with Gasteiger partial charge in [-0.05, 0) is 16.9 Å². The summed E-state index contributed by atoms with van der Waals surface area (Å²) in [6.07, 6.45) is -5.31. The molecular formula is C19H21F3N2O4. The maximum Gasteiger partial charge on any atom is 0.471 e. The van der Waals surface area contributed by atoms with Gasteiger partial charge in [0.2, 0.25) is 5.91 Å². The average Bonchev–Trinajstić information content (AvgIpc) is 2.96. The van der Waals surface area contributed by atoms with E-state index in [1.165, 1.54) is 0 Å². The fraction of sp³-hybridized carbons (Fsp3) is 0.526. The molecule has 1 saturated heterocycles. The van der Waals surface area contributed by atoms with Crippen LogP contribution in [0.5, 0.6) is 0 Å². The van der Waals surface area contributed by atoms with Crippen LogP contribution in [0.15, 0.2) is 30.3 Å². The number of carboxylic acids is 1. The highest BCUT2D eigenvalue weighted by atomic mass is 19.4. The number of piperidine rings is 1. The number of aliphatic carboxylic acids is 1. The lowest BCUT2D eigenvalue weighted by molar-refractivity contribution is -0.175. The molecule has 2 fully saturated rings. The molecule has 1 aliphatic carbocycles. The predicted octanol–water partition coefficient (Wildman–Crippen LogP) is 1.84. The highest BCUT2D eigenvalue weighted by molar-refractivity contribution is 5.93. The highest BCUT2D eigenvalue weighted by Gasteiger charge is 2.69. The lowest BCUT2D eigenvalue weighted by Crippen LogP contribution is -2.56. The number of carbonyl (C=O) groups excluding carboxylic acids is 2. The van der Waals surface area contributed by atoms with Crippen molar-refractivity contribution in [1.29, 1.82) is 0 Å². The van der Waals surface area contributed by atoms with Crippen LogP contribution in [0.2, 0.25) is 0 Å². The number of amides is 2. The Bertz CT molecular complexity index is 794. The van der Waals surface area contributed by atoms with Crippen LogP contribution in [-0.2, 0) is 20.8 Å². The highest BCUT2D eigenvalue weighted by Crippen LogP contribution is 2.64. The van der Waals surface area contributed by atoms with Crippen molar-refractivity contribution < 1.29 is 32.7 Å². The third-order valence-electron chi connectivity index (χ3n) is 5.89. The molecule has 0 bridgehead atoms. The van der Waals surface area contributed by atoms with Gasteiger partial charge >= 0.3 is 18.1 Å². The van der Waals surface area contributed by atoms with Crippen LogP contribution in [-0.4, -0.2) is 52.6 Å². The van der Waals surface area contributed by atoms with Crippen molar-refractivity contribution in [3.8, 4) is 0 Å². The number of hydrogen-bond acceptors (Lipinski definition) is 3. The van der Waals surface area contributed by atoms with Crippen LogP contribution in [0.4, 0.5) is 13.2 Å². The van der Waals surface area contributed by atoms with Gasteiger partial charge in [-0.15, -0.1) is 0 Å². The Morgan fingerprint density at radius 3 is 2.39 bits per heavy atom. The van der Waals surface area contributed by atoms with Crippen molar-refractivity contribution in [2.75, 3.05) is 6.54 Å². The summed E-state index contributed by atoms with van der Waals surface area (Å²) < 4.78 is 38.2. The number of rotatable bonds is 5. The topological polar surface area (TPSA) is 86.7 Å². The Balaban J connectivity index is 1.84. The first-order valence-corrected chi connectivity index (χ1v) is 8.89. The molecule has 28 heavy (non-hydrogen) atoms. The molecule has 0 unspecified atom stereocenters. The van der Waals surface area contributed by atoms with Crippen molar-refractivity contribution in [3.63, 3.8) is 0 Å². The number of likely N-dealkylation sites (tertiary alicyclic amines) is 1. The van der Waals surface area contributed by atoms with Gasteiger partial charge in [0.1, 0.15) is 12.1 Å². The number of carbonyl (C=O) groups is 3. The lowest BCUT2D eigenvalue weighted by Gasteiger charge is -2.31. The van der Waals surface area contributed by atoms with Crippen molar-refractivity contribution >= 4 is 17.8 Å². The van der Waals surface area contributed by atoms with E-state index in [2.05, 4.69) is 0 Å². The minimum absolute atomic E-state index is 0.0201. The maximum absolute atomic E-state index is 13.0. The number of fused-ring (bicyclic) bond motifs is 1. The summed E-state index contributed by atoms with van der Waals surface area (Å²) in [4.78, 5) is 37.3. The molecule has 1 aromatic rings. The van der Waals surface area contributed by atoms with Crippen LogP contribution in [0.3, 0.4) is 0 Å². The third-order valence-corrected chi connectivity index (χ3v) is 5.89. The largest absolute Gasteiger partial charge is 0.480 e. The van der Waals surface area contributed by atoms with Crippen LogP contribution >= 0.6 is 0 Å². The summed E-state index contributed by atoms with van der Waals surface area (Å²) in [5, 5.41) is 11.3. The Hall–Kier alpha value is -2.58. The van der Waals surface area contributed by atoms with E-state index in [1.807, 2.05) is 13.8 Å². The van der Waals surface area contributed by atoms with Gasteiger partial charge < -0.3 is 15.3 Å². The monoisotopic (exact) mass is 398 g/mol. The second-order valence-corrected chi connectivity index (χ2v) is 7.94. The van der Waals surface area contributed by atoms with Gasteiger partial charge in [0.15, 0.2) is 0 Å². The molecule has 1 saturated carbocycles. The molecule has 2 amide bonds. The van der Waals surface area contributed by atoms with Gasteiger partial charge in [0, 0.05) is 18.9 Å². The molecule has 3 rings (SSSR count). The summed E-state index contributed by atoms with van der Waals surface area (Å²) in [5.41, 5.74) is 0.323. The molecule has 4 atom stereocenters. The van der Waals surface area contributed by atoms with Crippen molar-refractivity contribution in [1.82, 2.24) is 10.2 Å². The summed E-state index contributed by atoms with van der Waals surface area (Å²) in [6, 6.07) is 5.68. The molecule has 2 aliphatic rings. The molecular weight excluding hydrogens is 377 g/mol. The maximum atomic E-state index is 13.0. The Kier molecular flexibility index (Phi) is 4.89. The van der Waals surface area contributed by atoms with Crippen molar-refractivity contribution in [2.45, 2.75) is 38.5 Å². The fourth-order valence-corrected chi connectivity index (χ4v) is 4.29. The molecule has 1 heterocycles.